The fourth-order valence-corrected chi connectivity index (χ4v) is 4.75. The molecule has 1 aromatic rings. The molecule has 6 N–H and O–H groups in total. The van der Waals surface area contributed by atoms with Crippen molar-refractivity contribution in [3.05, 3.63) is 30.3 Å². The van der Waals surface area contributed by atoms with E-state index in [1.54, 1.807) is 32.0 Å². The predicted octanol–water partition coefficient (Wildman–Crippen LogP) is -1.04. The molecule has 1 aliphatic rings. The minimum Gasteiger partial charge on any atom is -0.350 e. The van der Waals surface area contributed by atoms with Crippen molar-refractivity contribution in [2.45, 2.75) is 43.3 Å². The average molecular weight is 478 g/mol. The smallest absolute Gasteiger partial charge is 0.261 e. The number of sulfonamides is 1. The zero-order valence-corrected chi connectivity index (χ0v) is 18.8. The third-order valence-electron chi connectivity index (χ3n) is 4.83. The van der Waals surface area contributed by atoms with Crippen LogP contribution in [-0.2, 0) is 24.4 Å². The van der Waals surface area contributed by atoms with Crippen LogP contribution in [0.1, 0.15) is 20.3 Å². The summed E-state index contributed by atoms with van der Waals surface area (Å²) in [5.74, 6) is -2.02. The van der Waals surface area contributed by atoms with E-state index in [9.17, 15) is 22.8 Å². The Bertz CT molecular complexity index is 883. The van der Waals surface area contributed by atoms with E-state index in [4.69, 9.17) is 10.9 Å². The van der Waals surface area contributed by atoms with Crippen LogP contribution in [0, 0.1) is 5.92 Å². The van der Waals surface area contributed by atoms with Crippen LogP contribution in [0.15, 0.2) is 35.2 Å². The topological polar surface area (TPSA) is 171 Å². The lowest BCUT2D eigenvalue weighted by atomic mass is 10.1. The predicted molar refractivity (Wildman–Crippen MR) is 114 cm³/mol. The molecule has 3 amide bonds. The molecule has 3 atom stereocenters. The zero-order valence-electron chi connectivity index (χ0n) is 17.1. The Kier molecular flexibility index (Phi) is 9.84. The molecule has 0 aliphatic carbocycles. The fraction of sp³-hybridized carbons (Fsp3) is 0.500. The van der Waals surface area contributed by atoms with Gasteiger partial charge in [0.1, 0.15) is 6.04 Å². The quantitative estimate of drug-likeness (QED) is 0.235. The van der Waals surface area contributed by atoms with E-state index in [1.807, 2.05) is 0 Å². The van der Waals surface area contributed by atoms with Crippen LogP contribution >= 0.6 is 12.4 Å². The van der Waals surface area contributed by atoms with Crippen molar-refractivity contribution in [3.63, 3.8) is 0 Å². The number of rotatable bonds is 8. The Morgan fingerprint density at radius 1 is 1.23 bits per heavy atom. The number of hydrogen-bond acceptors (Lipinski definition) is 7. The molecule has 1 saturated heterocycles. The molecule has 13 heteroatoms. The van der Waals surface area contributed by atoms with Gasteiger partial charge in [-0.05, 0) is 24.5 Å². The van der Waals surface area contributed by atoms with Crippen molar-refractivity contribution in [1.82, 2.24) is 20.4 Å². The molecular weight excluding hydrogens is 450 g/mol. The normalized spacial score (nSPS) is 19.9. The lowest BCUT2D eigenvalue weighted by Gasteiger charge is -2.22. The molecule has 1 aromatic carbocycles. The highest BCUT2D eigenvalue weighted by atomic mass is 35.5. The van der Waals surface area contributed by atoms with E-state index in [1.165, 1.54) is 17.6 Å². The van der Waals surface area contributed by atoms with Gasteiger partial charge in [0.25, 0.3) is 5.91 Å². The number of amides is 3. The van der Waals surface area contributed by atoms with E-state index >= 15 is 0 Å². The summed E-state index contributed by atoms with van der Waals surface area (Å²) in [7, 11) is -4.03. The molecule has 1 heterocycles. The molecule has 0 radical (unpaired) electrons. The molecule has 0 aromatic heterocycles. The second-order valence-corrected chi connectivity index (χ2v) is 9.26. The van der Waals surface area contributed by atoms with Crippen LogP contribution in [0.5, 0.6) is 0 Å². The summed E-state index contributed by atoms with van der Waals surface area (Å²) in [4.78, 5) is 36.1. The Hall–Kier alpha value is -2.25. The van der Waals surface area contributed by atoms with Gasteiger partial charge in [-0.25, -0.2) is 13.9 Å². The van der Waals surface area contributed by atoms with Crippen LogP contribution in [0.3, 0.4) is 0 Å². The molecule has 0 unspecified atom stereocenters. The third-order valence-corrected chi connectivity index (χ3v) is 6.72. The largest absolute Gasteiger partial charge is 0.350 e. The second kappa shape index (κ2) is 11.4. The summed E-state index contributed by atoms with van der Waals surface area (Å²) < 4.78 is 26.8. The maximum atomic E-state index is 12.9. The lowest BCUT2D eigenvalue weighted by molar-refractivity contribution is -0.132. The van der Waals surface area contributed by atoms with E-state index < -0.39 is 45.9 Å². The van der Waals surface area contributed by atoms with Crippen LogP contribution in [0.2, 0.25) is 0 Å². The SMILES string of the molecule is CC(C)[C@H](N)C(=O)NCC(=O)N[C@H]1C[C@@H](C(=O)NO)N(S(=O)(=O)c2ccccc2)C1.Cl. The number of hydroxylamine groups is 1. The van der Waals surface area contributed by atoms with Crippen molar-refractivity contribution in [3.8, 4) is 0 Å². The van der Waals surface area contributed by atoms with Crippen LogP contribution in [-0.4, -0.2) is 66.9 Å². The molecule has 0 spiro atoms. The fourth-order valence-electron chi connectivity index (χ4n) is 3.08. The Morgan fingerprint density at radius 2 is 1.84 bits per heavy atom. The Morgan fingerprint density at radius 3 is 2.39 bits per heavy atom. The lowest BCUT2D eigenvalue weighted by Crippen LogP contribution is -2.48. The maximum absolute atomic E-state index is 12.9. The van der Waals surface area contributed by atoms with Gasteiger partial charge in [0.05, 0.1) is 17.5 Å². The molecule has 2 rings (SSSR count). The summed E-state index contributed by atoms with van der Waals surface area (Å²) in [5.41, 5.74) is 7.18. The highest BCUT2D eigenvalue weighted by Crippen LogP contribution is 2.26. The van der Waals surface area contributed by atoms with Gasteiger partial charge in [0, 0.05) is 12.6 Å². The first-order chi connectivity index (χ1) is 14.1. The average Bonchev–Trinajstić information content (AvgIpc) is 3.15. The molecule has 1 fully saturated rings. The third kappa shape index (κ3) is 6.61. The van der Waals surface area contributed by atoms with Crippen molar-refractivity contribution in [2.24, 2.45) is 11.7 Å². The number of nitrogens with one attached hydrogen (secondary N) is 3. The second-order valence-electron chi connectivity index (χ2n) is 7.37. The molecule has 11 nitrogen and oxygen atoms in total. The maximum Gasteiger partial charge on any atom is 0.261 e. The first kappa shape index (κ1) is 26.8. The summed E-state index contributed by atoms with van der Waals surface area (Å²) in [6.07, 6.45) is -0.0380. The minimum absolute atomic E-state index is 0. The molecular formula is C18H28ClN5O6S. The number of carbonyl (C=O) groups excluding carboxylic acids is 3. The van der Waals surface area contributed by atoms with Gasteiger partial charge < -0.3 is 16.4 Å². The number of nitrogens with two attached hydrogens (primary N) is 1. The number of carbonyl (C=O) groups is 3. The van der Waals surface area contributed by atoms with Gasteiger partial charge in [-0.3, -0.25) is 19.6 Å². The number of halogens is 1. The van der Waals surface area contributed by atoms with Gasteiger partial charge >= 0.3 is 0 Å². The van der Waals surface area contributed by atoms with Crippen molar-refractivity contribution < 1.29 is 28.0 Å². The van der Waals surface area contributed by atoms with Gasteiger partial charge in [0.2, 0.25) is 21.8 Å². The monoisotopic (exact) mass is 477 g/mol. The van der Waals surface area contributed by atoms with Gasteiger partial charge in [-0.1, -0.05) is 32.0 Å². The molecule has 0 saturated carbocycles. The Balaban J connectivity index is 0.00000480. The molecule has 31 heavy (non-hydrogen) atoms. The summed E-state index contributed by atoms with van der Waals surface area (Å²) in [5, 5.41) is 14.0. The first-order valence-corrected chi connectivity index (χ1v) is 10.9. The Labute approximate surface area is 187 Å². The van der Waals surface area contributed by atoms with Gasteiger partial charge in [0.15, 0.2) is 0 Å². The van der Waals surface area contributed by atoms with Crippen LogP contribution in [0.4, 0.5) is 0 Å². The van der Waals surface area contributed by atoms with E-state index in [2.05, 4.69) is 10.6 Å². The standard InChI is InChI=1S/C18H27N5O6S.ClH/c1-11(2)16(19)18(26)20-9-15(24)21-12-8-14(17(25)22-27)23(10-12)30(28,29)13-6-4-3-5-7-13;/h3-7,11-12,14,16,27H,8-10,19H2,1-2H3,(H,20,26)(H,21,24)(H,22,25);1H/t12-,14-,16-;/m0./s1. The van der Waals surface area contributed by atoms with Crippen molar-refractivity contribution >= 4 is 40.2 Å². The summed E-state index contributed by atoms with van der Waals surface area (Å²) in [6, 6.07) is 4.90. The number of hydrogen-bond donors (Lipinski definition) is 5. The van der Waals surface area contributed by atoms with E-state index in [0.29, 0.717) is 0 Å². The van der Waals surface area contributed by atoms with Crippen molar-refractivity contribution in [2.75, 3.05) is 13.1 Å². The summed E-state index contributed by atoms with van der Waals surface area (Å²) in [6.45, 7) is 3.05. The zero-order chi connectivity index (χ0) is 22.5. The first-order valence-electron chi connectivity index (χ1n) is 9.41. The molecule has 1 aliphatic heterocycles. The molecule has 174 valence electrons. The summed E-state index contributed by atoms with van der Waals surface area (Å²) >= 11 is 0. The van der Waals surface area contributed by atoms with Crippen LogP contribution < -0.4 is 21.8 Å². The van der Waals surface area contributed by atoms with Gasteiger partial charge in [-0.2, -0.15) is 4.31 Å². The van der Waals surface area contributed by atoms with E-state index in [0.717, 1.165) is 4.31 Å². The van der Waals surface area contributed by atoms with Gasteiger partial charge in [-0.15, -0.1) is 12.4 Å². The number of benzene rings is 1. The van der Waals surface area contributed by atoms with Crippen LogP contribution in [0.25, 0.3) is 0 Å². The van der Waals surface area contributed by atoms with E-state index in [-0.39, 0.29) is 42.7 Å². The highest BCUT2D eigenvalue weighted by Gasteiger charge is 2.44. The minimum atomic E-state index is -4.03. The number of nitrogens with zero attached hydrogens (tertiary/aromatic N) is 1. The van der Waals surface area contributed by atoms with Crippen molar-refractivity contribution in [1.29, 1.82) is 0 Å². The highest BCUT2D eigenvalue weighted by molar-refractivity contribution is 7.89. The molecule has 0 bridgehead atoms.